The van der Waals surface area contributed by atoms with Gasteiger partial charge >= 0.3 is 0 Å². The zero-order chi connectivity index (χ0) is 15.3. The van der Waals surface area contributed by atoms with E-state index in [2.05, 4.69) is 0 Å². The minimum absolute atomic E-state index is 0.0513. The first kappa shape index (κ1) is 16.5. The lowest BCUT2D eigenvalue weighted by Crippen LogP contribution is -2.40. The minimum atomic E-state index is -2.94. The minimum Gasteiger partial charge on any atom is -0.383 e. The highest BCUT2D eigenvalue weighted by atomic mass is 32.2. The number of sulfone groups is 1. The molecule has 2 heterocycles. The maximum atomic E-state index is 12.6. The summed E-state index contributed by atoms with van der Waals surface area (Å²) < 4.78 is 28.0. The van der Waals surface area contributed by atoms with Crippen molar-refractivity contribution in [2.24, 2.45) is 5.92 Å². The lowest BCUT2D eigenvalue weighted by molar-refractivity contribution is -0.137. The summed E-state index contributed by atoms with van der Waals surface area (Å²) in [5.41, 5.74) is 0. The smallest absolute Gasteiger partial charge is 0.226 e. The van der Waals surface area contributed by atoms with Crippen molar-refractivity contribution < 1.29 is 17.9 Å². The number of methoxy groups -OCH3 is 1. The predicted octanol–water partition coefficient (Wildman–Crippen LogP) is 1.55. The molecule has 0 radical (unpaired) electrons. The molecule has 0 spiro atoms. The average Bonchev–Trinajstić information content (AvgIpc) is 2.95. The predicted molar refractivity (Wildman–Crippen MR) is 83.0 cm³/mol. The van der Waals surface area contributed by atoms with E-state index in [4.69, 9.17) is 4.74 Å². The van der Waals surface area contributed by atoms with Gasteiger partial charge < -0.3 is 9.64 Å². The van der Waals surface area contributed by atoms with Crippen LogP contribution in [0.15, 0.2) is 17.5 Å². The van der Waals surface area contributed by atoms with Crippen LogP contribution in [-0.2, 0) is 25.9 Å². The van der Waals surface area contributed by atoms with Crippen LogP contribution in [0.25, 0.3) is 0 Å². The fourth-order valence-electron chi connectivity index (χ4n) is 2.45. The number of hydrogen-bond donors (Lipinski definition) is 0. The molecule has 118 valence electrons. The summed E-state index contributed by atoms with van der Waals surface area (Å²) in [5.74, 6) is 0.127. The van der Waals surface area contributed by atoms with Crippen LogP contribution in [0.2, 0.25) is 0 Å². The Labute approximate surface area is 129 Å². The van der Waals surface area contributed by atoms with Crippen LogP contribution in [-0.4, -0.2) is 51.0 Å². The molecular formula is C14H21NO4S2. The van der Waals surface area contributed by atoms with Gasteiger partial charge in [-0.3, -0.25) is 4.79 Å². The van der Waals surface area contributed by atoms with Crippen molar-refractivity contribution in [2.45, 2.75) is 19.4 Å². The second-order valence-corrected chi connectivity index (χ2v) is 8.59. The van der Waals surface area contributed by atoms with E-state index >= 15 is 0 Å². The lowest BCUT2D eigenvalue weighted by atomic mass is 10.0. The summed E-state index contributed by atoms with van der Waals surface area (Å²) in [5, 5.41) is 1.99. The molecule has 0 bridgehead atoms. The van der Waals surface area contributed by atoms with Crippen LogP contribution in [0, 0.1) is 5.92 Å². The summed E-state index contributed by atoms with van der Waals surface area (Å²) in [6, 6.07) is 3.97. The highest BCUT2D eigenvalue weighted by molar-refractivity contribution is 7.91. The van der Waals surface area contributed by atoms with Crippen LogP contribution < -0.4 is 0 Å². The maximum Gasteiger partial charge on any atom is 0.226 e. The fraction of sp³-hybridized carbons (Fsp3) is 0.643. The zero-order valence-electron chi connectivity index (χ0n) is 12.2. The molecule has 0 saturated carbocycles. The van der Waals surface area contributed by atoms with Gasteiger partial charge in [-0.2, -0.15) is 0 Å². The SMILES string of the molecule is COCCN(Cc1cccs1)C(=O)C1CCS(=O)(=O)CC1. The van der Waals surface area contributed by atoms with Gasteiger partial charge in [0, 0.05) is 24.4 Å². The van der Waals surface area contributed by atoms with Gasteiger partial charge in [-0.1, -0.05) is 6.07 Å². The van der Waals surface area contributed by atoms with Crippen LogP contribution in [0.1, 0.15) is 17.7 Å². The molecule has 1 aromatic heterocycles. The highest BCUT2D eigenvalue weighted by Crippen LogP contribution is 2.22. The molecule has 21 heavy (non-hydrogen) atoms. The van der Waals surface area contributed by atoms with Crippen molar-refractivity contribution in [3.63, 3.8) is 0 Å². The Morgan fingerprint density at radius 2 is 2.14 bits per heavy atom. The summed E-state index contributed by atoms with van der Waals surface area (Å²) in [6.07, 6.45) is 0.879. The molecule has 1 saturated heterocycles. The van der Waals surface area contributed by atoms with Crippen molar-refractivity contribution >= 4 is 27.1 Å². The number of thiophene rings is 1. The molecule has 2 rings (SSSR count). The largest absolute Gasteiger partial charge is 0.383 e. The van der Waals surface area contributed by atoms with Gasteiger partial charge in [-0.25, -0.2) is 8.42 Å². The molecule has 1 aromatic rings. The van der Waals surface area contributed by atoms with Crippen molar-refractivity contribution in [2.75, 3.05) is 31.8 Å². The van der Waals surface area contributed by atoms with Crippen LogP contribution in [0.4, 0.5) is 0 Å². The lowest BCUT2D eigenvalue weighted by Gasteiger charge is -2.29. The van der Waals surface area contributed by atoms with Crippen molar-refractivity contribution in [1.29, 1.82) is 0 Å². The Bertz CT molecular complexity index is 540. The van der Waals surface area contributed by atoms with E-state index in [0.29, 0.717) is 32.5 Å². The van der Waals surface area contributed by atoms with E-state index in [1.54, 1.807) is 23.3 Å². The van der Waals surface area contributed by atoms with E-state index in [1.165, 1.54) is 0 Å². The van der Waals surface area contributed by atoms with Gasteiger partial charge in [0.1, 0.15) is 9.84 Å². The van der Waals surface area contributed by atoms with E-state index in [9.17, 15) is 13.2 Å². The van der Waals surface area contributed by atoms with E-state index in [0.717, 1.165) is 4.88 Å². The third-order valence-corrected chi connectivity index (χ3v) is 6.28. The summed E-state index contributed by atoms with van der Waals surface area (Å²) >= 11 is 1.62. The third kappa shape index (κ3) is 4.79. The Kier molecular flexibility index (Phi) is 5.78. The zero-order valence-corrected chi connectivity index (χ0v) is 13.8. The number of amides is 1. The Balaban J connectivity index is 2.00. The number of carbonyl (C=O) groups excluding carboxylic acids is 1. The molecule has 0 unspecified atom stereocenters. The fourth-order valence-corrected chi connectivity index (χ4v) is 4.67. The van der Waals surface area contributed by atoms with Crippen molar-refractivity contribution in [3.8, 4) is 0 Å². The Morgan fingerprint density at radius 1 is 1.43 bits per heavy atom. The van der Waals surface area contributed by atoms with Gasteiger partial charge in [0.05, 0.1) is 24.7 Å². The first-order valence-corrected chi connectivity index (χ1v) is 9.72. The maximum absolute atomic E-state index is 12.6. The van der Waals surface area contributed by atoms with Gasteiger partial charge in [0.25, 0.3) is 0 Å². The van der Waals surface area contributed by atoms with E-state index < -0.39 is 9.84 Å². The van der Waals surface area contributed by atoms with E-state index in [1.807, 2.05) is 17.5 Å². The summed E-state index contributed by atoms with van der Waals surface area (Å²) in [6.45, 7) is 1.60. The molecule has 5 nitrogen and oxygen atoms in total. The normalized spacial score (nSPS) is 18.5. The molecule has 0 aliphatic carbocycles. The molecule has 0 aromatic carbocycles. The molecule has 1 aliphatic rings. The molecule has 1 fully saturated rings. The quantitative estimate of drug-likeness (QED) is 0.793. The van der Waals surface area contributed by atoms with Gasteiger partial charge in [-0.05, 0) is 24.3 Å². The topological polar surface area (TPSA) is 63.7 Å². The number of ether oxygens (including phenoxy) is 1. The molecular weight excluding hydrogens is 310 g/mol. The highest BCUT2D eigenvalue weighted by Gasteiger charge is 2.31. The van der Waals surface area contributed by atoms with Crippen LogP contribution in [0.5, 0.6) is 0 Å². The second kappa shape index (κ2) is 7.38. The Hall–Kier alpha value is -0.920. The summed E-state index contributed by atoms with van der Waals surface area (Å²) in [7, 11) is -1.32. The van der Waals surface area contributed by atoms with Crippen LogP contribution >= 0.6 is 11.3 Å². The number of rotatable bonds is 6. The average molecular weight is 331 g/mol. The number of nitrogens with zero attached hydrogens (tertiary/aromatic N) is 1. The van der Waals surface area contributed by atoms with Gasteiger partial charge in [0.15, 0.2) is 0 Å². The molecule has 1 aliphatic heterocycles. The molecule has 7 heteroatoms. The third-order valence-electron chi connectivity index (χ3n) is 3.71. The summed E-state index contributed by atoms with van der Waals surface area (Å²) in [4.78, 5) is 15.5. The van der Waals surface area contributed by atoms with Gasteiger partial charge in [-0.15, -0.1) is 11.3 Å². The Morgan fingerprint density at radius 3 is 2.71 bits per heavy atom. The molecule has 0 N–H and O–H groups in total. The van der Waals surface area contributed by atoms with E-state index in [-0.39, 0.29) is 23.3 Å². The second-order valence-electron chi connectivity index (χ2n) is 5.26. The monoisotopic (exact) mass is 331 g/mol. The first-order valence-electron chi connectivity index (χ1n) is 7.02. The van der Waals surface area contributed by atoms with Crippen LogP contribution in [0.3, 0.4) is 0 Å². The number of hydrogen-bond acceptors (Lipinski definition) is 5. The standard InChI is InChI=1S/C14H21NO4S2/c1-19-7-6-15(11-13-3-2-8-20-13)14(16)12-4-9-21(17,18)10-5-12/h2-3,8,12H,4-7,9-11H2,1H3. The van der Waals surface area contributed by atoms with Gasteiger partial charge in [0.2, 0.25) is 5.91 Å². The first-order chi connectivity index (χ1) is 10.0. The molecule has 1 amide bonds. The van der Waals surface area contributed by atoms with Crippen molar-refractivity contribution in [3.05, 3.63) is 22.4 Å². The van der Waals surface area contributed by atoms with Crippen molar-refractivity contribution in [1.82, 2.24) is 4.90 Å². The molecule has 0 atom stereocenters. The number of carbonyl (C=O) groups is 1.